The Hall–Kier alpha value is -1.62. The number of hydrogen-bond acceptors (Lipinski definition) is 3. The summed E-state index contributed by atoms with van der Waals surface area (Å²) in [7, 11) is 3.48. The van der Waals surface area contributed by atoms with Crippen molar-refractivity contribution in [3.05, 3.63) is 23.0 Å². The Bertz CT molecular complexity index is 514. The highest BCUT2D eigenvalue weighted by molar-refractivity contribution is 6.32. The first-order valence-corrected chi connectivity index (χ1v) is 4.69. The van der Waals surface area contributed by atoms with Gasteiger partial charge in [-0.25, -0.2) is 0 Å². The van der Waals surface area contributed by atoms with E-state index in [0.29, 0.717) is 28.4 Å². The summed E-state index contributed by atoms with van der Waals surface area (Å²) in [6.07, 6.45) is 2.48. The van der Waals surface area contributed by atoms with Crippen molar-refractivity contribution in [1.82, 2.24) is 19.6 Å². The van der Waals surface area contributed by atoms with Gasteiger partial charge in [-0.05, 0) is 6.07 Å². The Balaban J connectivity index is 2.62. The van der Waals surface area contributed by atoms with Gasteiger partial charge in [-0.15, -0.1) is 0 Å². The lowest BCUT2D eigenvalue weighted by Gasteiger charge is -1.90. The van der Waals surface area contributed by atoms with Crippen LogP contribution in [0.25, 0.3) is 11.4 Å². The molecule has 0 saturated heterocycles. The number of carbonyl (C=O) groups excluding carboxylic acids is 1. The van der Waals surface area contributed by atoms with E-state index in [0.717, 1.165) is 0 Å². The molecule has 0 aliphatic heterocycles. The van der Waals surface area contributed by atoms with Gasteiger partial charge in [0, 0.05) is 20.3 Å². The average Bonchev–Trinajstić information content (AvgIpc) is 2.73. The molecule has 2 rings (SSSR count). The number of hydrogen-bond donors (Lipinski definition) is 0. The number of rotatable bonds is 2. The molecule has 6 heteroatoms. The van der Waals surface area contributed by atoms with E-state index in [1.807, 2.05) is 0 Å². The first-order chi connectivity index (χ1) is 7.13. The largest absolute Gasteiger partial charge is 0.298 e. The molecular formula is C9H9ClN4O. The molecule has 0 aromatic carbocycles. The second-order valence-electron chi connectivity index (χ2n) is 3.17. The SMILES string of the molecule is Cn1ccc(-c2nn(C)c(Cl)c2C=O)n1. The maximum Gasteiger partial charge on any atom is 0.155 e. The standard InChI is InChI=1S/C9H9ClN4O/c1-13-4-3-7(11-13)8-6(5-15)9(10)14(2)12-8/h3-5H,1-2H3. The normalized spacial score (nSPS) is 10.6. The maximum atomic E-state index is 10.9. The summed E-state index contributed by atoms with van der Waals surface area (Å²) in [5, 5.41) is 8.63. The van der Waals surface area contributed by atoms with Crippen LogP contribution in [-0.2, 0) is 14.1 Å². The minimum atomic E-state index is 0.325. The third-order valence-corrected chi connectivity index (χ3v) is 2.53. The van der Waals surface area contributed by atoms with E-state index in [-0.39, 0.29) is 0 Å². The molecule has 0 spiro atoms. The van der Waals surface area contributed by atoms with E-state index < -0.39 is 0 Å². The highest BCUT2D eigenvalue weighted by Gasteiger charge is 2.16. The maximum absolute atomic E-state index is 10.9. The quantitative estimate of drug-likeness (QED) is 0.723. The summed E-state index contributed by atoms with van der Waals surface area (Å²) in [4.78, 5) is 10.9. The third kappa shape index (κ3) is 1.55. The van der Waals surface area contributed by atoms with Gasteiger partial charge >= 0.3 is 0 Å². The minimum absolute atomic E-state index is 0.325. The molecule has 0 unspecified atom stereocenters. The zero-order chi connectivity index (χ0) is 11.0. The fourth-order valence-corrected chi connectivity index (χ4v) is 1.53. The summed E-state index contributed by atoms with van der Waals surface area (Å²) >= 11 is 5.91. The van der Waals surface area contributed by atoms with E-state index in [4.69, 9.17) is 11.6 Å². The van der Waals surface area contributed by atoms with Crippen LogP contribution in [0, 0.1) is 0 Å². The molecule has 0 bridgehead atoms. The van der Waals surface area contributed by atoms with Gasteiger partial charge in [-0.3, -0.25) is 14.2 Å². The van der Waals surface area contributed by atoms with Crippen molar-refractivity contribution < 1.29 is 4.79 Å². The summed E-state index contributed by atoms with van der Waals surface area (Å²) in [6.45, 7) is 0. The number of carbonyl (C=O) groups is 1. The van der Waals surface area contributed by atoms with E-state index in [1.54, 1.807) is 31.0 Å². The fraction of sp³-hybridized carbons (Fsp3) is 0.222. The molecule has 15 heavy (non-hydrogen) atoms. The Labute approximate surface area is 91.3 Å². The summed E-state index contributed by atoms with van der Waals surface area (Å²) in [6, 6.07) is 1.78. The van der Waals surface area contributed by atoms with Gasteiger partial charge in [0.05, 0.1) is 5.56 Å². The molecule has 5 nitrogen and oxygen atoms in total. The van der Waals surface area contributed by atoms with Gasteiger partial charge in [0.2, 0.25) is 0 Å². The predicted octanol–water partition coefficient (Wildman–Crippen LogP) is 1.29. The first-order valence-electron chi connectivity index (χ1n) is 4.31. The molecule has 0 aliphatic rings. The monoisotopic (exact) mass is 224 g/mol. The van der Waals surface area contributed by atoms with Crippen LogP contribution in [0.1, 0.15) is 10.4 Å². The molecule has 0 atom stereocenters. The van der Waals surface area contributed by atoms with Gasteiger partial charge in [-0.1, -0.05) is 11.6 Å². The number of aldehydes is 1. The molecule has 0 aliphatic carbocycles. The Morgan fingerprint density at radius 3 is 2.67 bits per heavy atom. The Morgan fingerprint density at radius 1 is 1.40 bits per heavy atom. The van der Waals surface area contributed by atoms with Crippen LogP contribution in [0.15, 0.2) is 12.3 Å². The van der Waals surface area contributed by atoms with Gasteiger partial charge in [-0.2, -0.15) is 10.2 Å². The predicted molar refractivity (Wildman–Crippen MR) is 55.8 cm³/mol. The number of halogens is 1. The summed E-state index contributed by atoms with van der Waals surface area (Å²) in [5.41, 5.74) is 1.53. The van der Waals surface area contributed by atoms with Crippen LogP contribution in [0.4, 0.5) is 0 Å². The lowest BCUT2D eigenvalue weighted by atomic mass is 10.2. The Kier molecular flexibility index (Phi) is 2.32. The van der Waals surface area contributed by atoms with Gasteiger partial charge < -0.3 is 0 Å². The number of aryl methyl sites for hydroxylation is 2. The number of aromatic nitrogens is 4. The van der Waals surface area contributed by atoms with Gasteiger partial charge in [0.1, 0.15) is 16.5 Å². The van der Waals surface area contributed by atoms with Gasteiger partial charge in [0.15, 0.2) is 6.29 Å². The van der Waals surface area contributed by atoms with Crippen LogP contribution < -0.4 is 0 Å². The topological polar surface area (TPSA) is 52.7 Å². The lowest BCUT2D eigenvalue weighted by molar-refractivity contribution is 0.112. The van der Waals surface area contributed by atoms with Crippen molar-refractivity contribution in [3.63, 3.8) is 0 Å². The van der Waals surface area contributed by atoms with Crippen molar-refractivity contribution in [3.8, 4) is 11.4 Å². The highest BCUT2D eigenvalue weighted by atomic mass is 35.5. The molecule has 0 fully saturated rings. The van der Waals surface area contributed by atoms with Crippen molar-refractivity contribution >= 4 is 17.9 Å². The molecule has 78 valence electrons. The van der Waals surface area contributed by atoms with Crippen molar-refractivity contribution in [2.75, 3.05) is 0 Å². The van der Waals surface area contributed by atoms with Crippen LogP contribution in [0.5, 0.6) is 0 Å². The molecule has 2 aromatic heterocycles. The van der Waals surface area contributed by atoms with E-state index >= 15 is 0 Å². The molecular weight excluding hydrogens is 216 g/mol. The Morgan fingerprint density at radius 2 is 2.13 bits per heavy atom. The second kappa shape index (κ2) is 3.51. The van der Waals surface area contributed by atoms with Crippen LogP contribution in [-0.4, -0.2) is 25.8 Å². The van der Waals surface area contributed by atoms with E-state index in [9.17, 15) is 4.79 Å². The number of nitrogens with zero attached hydrogens (tertiary/aromatic N) is 4. The molecule has 0 saturated carbocycles. The van der Waals surface area contributed by atoms with E-state index in [2.05, 4.69) is 10.2 Å². The molecule has 2 heterocycles. The summed E-state index contributed by atoms with van der Waals surface area (Å²) < 4.78 is 3.10. The lowest BCUT2D eigenvalue weighted by Crippen LogP contribution is -1.91. The fourth-order valence-electron chi connectivity index (χ4n) is 1.35. The van der Waals surface area contributed by atoms with Crippen LogP contribution in [0.3, 0.4) is 0 Å². The molecule has 2 aromatic rings. The smallest absolute Gasteiger partial charge is 0.155 e. The van der Waals surface area contributed by atoms with Gasteiger partial charge in [0.25, 0.3) is 0 Å². The van der Waals surface area contributed by atoms with Crippen molar-refractivity contribution in [2.24, 2.45) is 14.1 Å². The minimum Gasteiger partial charge on any atom is -0.298 e. The molecule has 0 N–H and O–H groups in total. The van der Waals surface area contributed by atoms with Crippen molar-refractivity contribution in [2.45, 2.75) is 0 Å². The van der Waals surface area contributed by atoms with E-state index in [1.165, 1.54) is 4.68 Å². The molecule has 0 amide bonds. The van der Waals surface area contributed by atoms with Crippen molar-refractivity contribution in [1.29, 1.82) is 0 Å². The highest BCUT2D eigenvalue weighted by Crippen LogP contribution is 2.25. The molecule has 0 radical (unpaired) electrons. The zero-order valence-electron chi connectivity index (χ0n) is 8.31. The van der Waals surface area contributed by atoms with Crippen LogP contribution in [0.2, 0.25) is 5.15 Å². The third-order valence-electron chi connectivity index (χ3n) is 2.09. The zero-order valence-corrected chi connectivity index (χ0v) is 9.06. The average molecular weight is 225 g/mol. The summed E-state index contributed by atoms with van der Waals surface area (Å²) in [5.74, 6) is 0. The second-order valence-corrected chi connectivity index (χ2v) is 3.53. The van der Waals surface area contributed by atoms with Crippen LogP contribution >= 0.6 is 11.6 Å². The first kappa shape index (κ1) is 9.92.